The SMILES string of the molecule is CCOc1cccc(CNC(=O)CC(N)CC)c1. The first-order chi connectivity index (χ1) is 8.65. The zero-order valence-electron chi connectivity index (χ0n) is 11.1. The normalized spacial score (nSPS) is 11.9. The third-order valence-electron chi connectivity index (χ3n) is 2.67. The van der Waals surface area contributed by atoms with Crippen LogP contribution in [0.25, 0.3) is 0 Å². The molecule has 0 saturated heterocycles. The molecular formula is C14H22N2O2. The minimum atomic E-state index is -0.0558. The molecule has 1 amide bonds. The van der Waals surface area contributed by atoms with Crippen LogP contribution in [0, 0.1) is 0 Å². The molecule has 0 aliphatic carbocycles. The summed E-state index contributed by atoms with van der Waals surface area (Å²) in [7, 11) is 0. The van der Waals surface area contributed by atoms with E-state index >= 15 is 0 Å². The zero-order valence-corrected chi connectivity index (χ0v) is 11.1. The van der Waals surface area contributed by atoms with E-state index in [0.29, 0.717) is 19.6 Å². The van der Waals surface area contributed by atoms with Crippen molar-refractivity contribution < 1.29 is 9.53 Å². The molecule has 4 nitrogen and oxygen atoms in total. The lowest BCUT2D eigenvalue weighted by Gasteiger charge is -2.10. The molecule has 0 radical (unpaired) electrons. The number of nitrogens with one attached hydrogen (secondary N) is 1. The van der Waals surface area contributed by atoms with E-state index in [9.17, 15) is 4.79 Å². The molecule has 1 atom stereocenters. The summed E-state index contributed by atoms with van der Waals surface area (Å²) in [5.41, 5.74) is 6.75. The van der Waals surface area contributed by atoms with Gasteiger partial charge in [0.15, 0.2) is 0 Å². The second kappa shape index (κ2) is 7.71. The summed E-state index contributed by atoms with van der Waals surface area (Å²) >= 11 is 0. The highest BCUT2D eigenvalue weighted by molar-refractivity contribution is 5.76. The average Bonchev–Trinajstić information content (AvgIpc) is 2.37. The predicted octanol–water partition coefficient (Wildman–Crippen LogP) is 1.83. The number of hydrogen-bond donors (Lipinski definition) is 2. The van der Waals surface area contributed by atoms with Gasteiger partial charge in [0, 0.05) is 19.0 Å². The van der Waals surface area contributed by atoms with Crippen molar-refractivity contribution >= 4 is 5.91 Å². The van der Waals surface area contributed by atoms with E-state index < -0.39 is 0 Å². The van der Waals surface area contributed by atoms with Gasteiger partial charge >= 0.3 is 0 Å². The van der Waals surface area contributed by atoms with Gasteiger partial charge in [-0.3, -0.25) is 4.79 Å². The number of ether oxygens (including phenoxy) is 1. The van der Waals surface area contributed by atoms with Gasteiger partial charge in [0.05, 0.1) is 6.61 Å². The third-order valence-corrected chi connectivity index (χ3v) is 2.67. The van der Waals surface area contributed by atoms with Crippen LogP contribution < -0.4 is 15.8 Å². The van der Waals surface area contributed by atoms with Crippen molar-refractivity contribution in [3.8, 4) is 5.75 Å². The van der Waals surface area contributed by atoms with Gasteiger partial charge in [0.1, 0.15) is 5.75 Å². The molecular weight excluding hydrogens is 228 g/mol. The zero-order chi connectivity index (χ0) is 13.4. The topological polar surface area (TPSA) is 64.3 Å². The van der Waals surface area contributed by atoms with E-state index in [4.69, 9.17) is 10.5 Å². The Hall–Kier alpha value is -1.55. The molecule has 0 heterocycles. The number of carbonyl (C=O) groups excluding carboxylic acids is 1. The quantitative estimate of drug-likeness (QED) is 0.776. The van der Waals surface area contributed by atoms with Gasteiger partial charge in [0.25, 0.3) is 0 Å². The summed E-state index contributed by atoms with van der Waals surface area (Å²) in [6.07, 6.45) is 1.19. The Morgan fingerprint density at radius 2 is 2.22 bits per heavy atom. The van der Waals surface area contributed by atoms with Gasteiger partial charge in [-0.25, -0.2) is 0 Å². The van der Waals surface area contributed by atoms with Crippen molar-refractivity contribution in [3.05, 3.63) is 29.8 Å². The van der Waals surface area contributed by atoms with Crippen LogP contribution in [0.2, 0.25) is 0 Å². The standard InChI is InChI=1S/C14H22N2O2/c1-3-12(15)9-14(17)16-10-11-6-5-7-13(8-11)18-4-2/h5-8,12H,3-4,9-10,15H2,1-2H3,(H,16,17). The molecule has 0 saturated carbocycles. The molecule has 1 rings (SSSR count). The van der Waals surface area contributed by atoms with Gasteiger partial charge < -0.3 is 15.8 Å². The maximum Gasteiger partial charge on any atom is 0.221 e. The Bertz CT molecular complexity index is 380. The Morgan fingerprint density at radius 3 is 2.89 bits per heavy atom. The van der Waals surface area contributed by atoms with Crippen LogP contribution in [-0.4, -0.2) is 18.6 Å². The highest BCUT2D eigenvalue weighted by Gasteiger charge is 2.07. The maximum atomic E-state index is 11.6. The van der Waals surface area contributed by atoms with E-state index in [1.54, 1.807) is 0 Å². The largest absolute Gasteiger partial charge is 0.494 e. The molecule has 4 heteroatoms. The summed E-state index contributed by atoms with van der Waals surface area (Å²) in [5, 5.41) is 2.86. The molecule has 0 aliphatic rings. The lowest BCUT2D eigenvalue weighted by Crippen LogP contribution is -2.30. The van der Waals surface area contributed by atoms with E-state index in [-0.39, 0.29) is 11.9 Å². The van der Waals surface area contributed by atoms with Gasteiger partial charge in [-0.05, 0) is 31.0 Å². The summed E-state index contributed by atoms with van der Waals surface area (Å²) in [6.45, 7) is 5.07. The van der Waals surface area contributed by atoms with E-state index in [1.807, 2.05) is 38.1 Å². The maximum absolute atomic E-state index is 11.6. The van der Waals surface area contributed by atoms with Crippen molar-refractivity contribution in [1.82, 2.24) is 5.32 Å². The predicted molar refractivity (Wildman–Crippen MR) is 72.3 cm³/mol. The summed E-state index contributed by atoms with van der Waals surface area (Å²) in [5.74, 6) is 0.820. The number of nitrogens with two attached hydrogens (primary N) is 1. The van der Waals surface area contributed by atoms with Crippen molar-refractivity contribution in [2.75, 3.05) is 6.61 Å². The number of hydrogen-bond acceptors (Lipinski definition) is 3. The highest BCUT2D eigenvalue weighted by Crippen LogP contribution is 2.13. The fourth-order valence-electron chi connectivity index (χ4n) is 1.57. The second-order valence-electron chi connectivity index (χ2n) is 4.23. The van der Waals surface area contributed by atoms with Crippen LogP contribution in [-0.2, 0) is 11.3 Å². The minimum Gasteiger partial charge on any atom is -0.494 e. The van der Waals surface area contributed by atoms with Crippen LogP contribution >= 0.6 is 0 Å². The Morgan fingerprint density at radius 1 is 1.44 bits per heavy atom. The fourth-order valence-corrected chi connectivity index (χ4v) is 1.57. The lowest BCUT2D eigenvalue weighted by molar-refractivity contribution is -0.121. The number of carbonyl (C=O) groups is 1. The van der Waals surface area contributed by atoms with Crippen molar-refractivity contribution in [1.29, 1.82) is 0 Å². The lowest BCUT2D eigenvalue weighted by atomic mass is 10.1. The van der Waals surface area contributed by atoms with Crippen LogP contribution in [0.3, 0.4) is 0 Å². The highest BCUT2D eigenvalue weighted by atomic mass is 16.5. The number of benzene rings is 1. The van der Waals surface area contributed by atoms with Crippen LogP contribution in [0.4, 0.5) is 0 Å². The molecule has 0 aliphatic heterocycles. The fraction of sp³-hybridized carbons (Fsp3) is 0.500. The van der Waals surface area contributed by atoms with Crippen LogP contribution in [0.1, 0.15) is 32.3 Å². The van der Waals surface area contributed by atoms with Crippen LogP contribution in [0.5, 0.6) is 5.75 Å². The number of amides is 1. The molecule has 100 valence electrons. The van der Waals surface area contributed by atoms with Crippen molar-refractivity contribution in [2.24, 2.45) is 5.73 Å². The number of rotatable bonds is 7. The first kappa shape index (κ1) is 14.5. The Kier molecular flexibility index (Phi) is 6.22. The third kappa shape index (κ3) is 5.19. The molecule has 1 aromatic carbocycles. The van der Waals surface area contributed by atoms with Gasteiger partial charge in [0.2, 0.25) is 5.91 Å². The monoisotopic (exact) mass is 250 g/mol. The summed E-state index contributed by atoms with van der Waals surface area (Å²) in [4.78, 5) is 11.6. The van der Waals surface area contributed by atoms with Gasteiger partial charge in [-0.1, -0.05) is 19.1 Å². The van der Waals surface area contributed by atoms with Gasteiger partial charge in [-0.2, -0.15) is 0 Å². The first-order valence-electron chi connectivity index (χ1n) is 6.39. The Labute approximate surface area is 109 Å². The average molecular weight is 250 g/mol. The van der Waals surface area contributed by atoms with E-state index in [2.05, 4.69) is 5.32 Å². The Balaban J connectivity index is 2.43. The van der Waals surface area contributed by atoms with Crippen molar-refractivity contribution in [3.63, 3.8) is 0 Å². The molecule has 0 bridgehead atoms. The first-order valence-corrected chi connectivity index (χ1v) is 6.39. The second-order valence-corrected chi connectivity index (χ2v) is 4.23. The smallest absolute Gasteiger partial charge is 0.221 e. The molecule has 18 heavy (non-hydrogen) atoms. The van der Waals surface area contributed by atoms with Gasteiger partial charge in [-0.15, -0.1) is 0 Å². The minimum absolute atomic E-state index is 0.00818. The molecule has 0 spiro atoms. The summed E-state index contributed by atoms with van der Waals surface area (Å²) < 4.78 is 5.40. The molecule has 1 aromatic rings. The van der Waals surface area contributed by atoms with E-state index in [1.165, 1.54) is 0 Å². The summed E-state index contributed by atoms with van der Waals surface area (Å²) in [6, 6.07) is 7.66. The molecule has 0 aromatic heterocycles. The van der Waals surface area contributed by atoms with Crippen LogP contribution in [0.15, 0.2) is 24.3 Å². The molecule has 3 N–H and O–H groups in total. The van der Waals surface area contributed by atoms with E-state index in [0.717, 1.165) is 17.7 Å². The molecule has 0 fully saturated rings. The molecule has 1 unspecified atom stereocenters. The van der Waals surface area contributed by atoms with Crippen molar-refractivity contribution in [2.45, 2.75) is 39.3 Å².